The third kappa shape index (κ3) is 4.13. The lowest BCUT2D eigenvalue weighted by Gasteiger charge is -2.36. The van der Waals surface area contributed by atoms with E-state index in [0.717, 1.165) is 44.4 Å². The molecule has 5 nitrogen and oxygen atoms in total. The largest absolute Gasteiger partial charge is 0.416 e. The molecular formula is C22H25F3N4O. The normalized spacial score (nSPS) is 21.4. The molecule has 30 heavy (non-hydrogen) atoms. The Morgan fingerprint density at radius 1 is 1.10 bits per heavy atom. The van der Waals surface area contributed by atoms with Crippen molar-refractivity contribution in [3.63, 3.8) is 0 Å². The van der Waals surface area contributed by atoms with E-state index in [1.807, 2.05) is 4.90 Å². The van der Waals surface area contributed by atoms with Gasteiger partial charge < -0.3 is 10.2 Å². The lowest BCUT2D eigenvalue weighted by atomic mass is 9.77. The highest BCUT2D eigenvalue weighted by Gasteiger charge is 2.44. The maximum atomic E-state index is 13.4. The zero-order valence-corrected chi connectivity index (χ0v) is 16.7. The zero-order valence-electron chi connectivity index (χ0n) is 16.7. The summed E-state index contributed by atoms with van der Waals surface area (Å²) in [4.78, 5) is 24.0. The van der Waals surface area contributed by atoms with Crippen LogP contribution in [0.2, 0.25) is 0 Å². The molecule has 1 aromatic heterocycles. The Balaban J connectivity index is 1.53. The third-order valence-electron chi connectivity index (χ3n) is 6.23. The fourth-order valence-corrected chi connectivity index (χ4v) is 4.67. The van der Waals surface area contributed by atoms with Gasteiger partial charge in [-0.15, -0.1) is 0 Å². The molecular weight excluding hydrogens is 393 g/mol. The highest BCUT2D eigenvalue weighted by molar-refractivity contribution is 5.89. The van der Waals surface area contributed by atoms with Crippen LogP contribution in [0.15, 0.2) is 42.7 Å². The van der Waals surface area contributed by atoms with Gasteiger partial charge in [0, 0.05) is 31.5 Å². The Bertz CT molecular complexity index is 881. The molecule has 8 heteroatoms. The minimum Gasteiger partial charge on any atom is -0.351 e. The van der Waals surface area contributed by atoms with Gasteiger partial charge in [-0.3, -0.25) is 4.79 Å². The second kappa shape index (κ2) is 8.24. The Hall–Kier alpha value is -2.64. The first kappa shape index (κ1) is 20.6. The van der Waals surface area contributed by atoms with Crippen molar-refractivity contribution in [2.45, 2.75) is 56.2 Å². The minimum atomic E-state index is -4.42. The number of rotatable bonds is 4. The van der Waals surface area contributed by atoms with Crippen LogP contribution in [-0.4, -0.2) is 35.0 Å². The summed E-state index contributed by atoms with van der Waals surface area (Å²) in [7, 11) is 0. The van der Waals surface area contributed by atoms with Crippen molar-refractivity contribution >= 4 is 11.9 Å². The van der Waals surface area contributed by atoms with Crippen LogP contribution in [0, 0.1) is 0 Å². The van der Waals surface area contributed by atoms with Crippen LogP contribution in [0.3, 0.4) is 0 Å². The number of anilines is 1. The van der Waals surface area contributed by atoms with Crippen molar-refractivity contribution in [2.75, 3.05) is 18.0 Å². The summed E-state index contributed by atoms with van der Waals surface area (Å²) >= 11 is 0. The van der Waals surface area contributed by atoms with E-state index in [9.17, 15) is 18.0 Å². The van der Waals surface area contributed by atoms with E-state index in [1.54, 1.807) is 24.5 Å². The molecule has 2 aliphatic rings. The summed E-state index contributed by atoms with van der Waals surface area (Å²) < 4.78 is 39.7. The molecule has 2 heterocycles. The van der Waals surface area contributed by atoms with Gasteiger partial charge in [-0.1, -0.05) is 31.0 Å². The molecule has 2 fully saturated rings. The lowest BCUT2D eigenvalue weighted by molar-refractivity contribution is -0.138. The van der Waals surface area contributed by atoms with Gasteiger partial charge in [0.15, 0.2) is 0 Å². The number of carbonyl (C=O) groups is 1. The van der Waals surface area contributed by atoms with Crippen LogP contribution in [0.1, 0.15) is 49.7 Å². The summed E-state index contributed by atoms with van der Waals surface area (Å²) in [6, 6.07) is 6.94. The van der Waals surface area contributed by atoms with Gasteiger partial charge in [-0.25, -0.2) is 9.97 Å². The van der Waals surface area contributed by atoms with Crippen molar-refractivity contribution < 1.29 is 18.0 Å². The van der Waals surface area contributed by atoms with Crippen LogP contribution >= 0.6 is 0 Å². The number of halogens is 3. The predicted octanol–water partition coefficient (Wildman–Crippen LogP) is 4.09. The summed E-state index contributed by atoms with van der Waals surface area (Å²) in [6.07, 6.45) is 3.46. The van der Waals surface area contributed by atoms with E-state index >= 15 is 0 Å². The number of nitrogens with zero attached hydrogens (tertiary/aromatic N) is 3. The smallest absolute Gasteiger partial charge is 0.351 e. The zero-order chi connectivity index (χ0) is 21.2. The molecule has 1 aromatic carbocycles. The van der Waals surface area contributed by atoms with Crippen molar-refractivity contribution in [1.29, 1.82) is 0 Å². The lowest BCUT2D eigenvalue weighted by Crippen LogP contribution is -2.53. The second-order valence-corrected chi connectivity index (χ2v) is 8.18. The summed E-state index contributed by atoms with van der Waals surface area (Å²) in [5.74, 6) is 0.463. The van der Waals surface area contributed by atoms with Crippen LogP contribution in [-0.2, 0) is 16.4 Å². The van der Waals surface area contributed by atoms with Gasteiger partial charge in [-0.05, 0) is 43.4 Å². The van der Waals surface area contributed by atoms with Gasteiger partial charge in [0.2, 0.25) is 11.9 Å². The quantitative estimate of drug-likeness (QED) is 0.813. The van der Waals surface area contributed by atoms with Crippen LogP contribution < -0.4 is 10.2 Å². The molecule has 4 rings (SSSR count). The SMILES string of the molecule is O=C(NC1CCCN(c2ncccn2)C1)C1(c2cccc(C(F)(F)F)c2)CCCC1. The highest BCUT2D eigenvalue weighted by Crippen LogP contribution is 2.43. The van der Waals surface area contributed by atoms with Crippen LogP contribution in [0.4, 0.5) is 19.1 Å². The molecule has 2 aromatic rings. The average molecular weight is 418 g/mol. The topological polar surface area (TPSA) is 58.1 Å². The number of aromatic nitrogens is 2. The Morgan fingerprint density at radius 2 is 1.83 bits per heavy atom. The summed E-state index contributed by atoms with van der Waals surface area (Å²) in [5, 5.41) is 3.14. The molecule has 0 spiro atoms. The number of amides is 1. The number of piperidine rings is 1. The number of hydrogen-bond acceptors (Lipinski definition) is 4. The fourth-order valence-electron chi connectivity index (χ4n) is 4.67. The number of alkyl halides is 3. The van der Waals surface area contributed by atoms with Crippen molar-refractivity contribution in [3.8, 4) is 0 Å². The van der Waals surface area contributed by atoms with Gasteiger partial charge in [0.05, 0.1) is 11.0 Å². The Labute approximate surface area is 173 Å². The molecule has 1 amide bonds. The maximum absolute atomic E-state index is 13.4. The van der Waals surface area contributed by atoms with E-state index in [1.165, 1.54) is 6.07 Å². The first-order chi connectivity index (χ1) is 14.4. The van der Waals surface area contributed by atoms with Gasteiger partial charge in [-0.2, -0.15) is 13.2 Å². The van der Waals surface area contributed by atoms with E-state index in [4.69, 9.17) is 0 Å². The number of benzene rings is 1. The van der Waals surface area contributed by atoms with E-state index in [2.05, 4.69) is 15.3 Å². The van der Waals surface area contributed by atoms with Gasteiger partial charge in [0.1, 0.15) is 0 Å². The maximum Gasteiger partial charge on any atom is 0.416 e. The average Bonchev–Trinajstić information content (AvgIpc) is 3.25. The first-order valence-electron chi connectivity index (χ1n) is 10.4. The molecule has 0 radical (unpaired) electrons. The summed E-state index contributed by atoms with van der Waals surface area (Å²) in [5.41, 5.74) is -1.14. The molecule has 1 saturated carbocycles. The molecule has 160 valence electrons. The van der Waals surface area contributed by atoms with E-state index < -0.39 is 17.2 Å². The minimum absolute atomic E-state index is 0.0849. The molecule has 0 bridgehead atoms. The molecule has 1 saturated heterocycles. The Kier molecular flexibility index (Phi) is 5.66. The highest BCUT2D eigenvalue weighted by atomic mass is 19.4. The van der Waals surface area contributed by atoms with Crippen molar-refractivity contribution in [2.24, 2.45) is 0 Å². The molecule has 1 atom stereocenters. The van der Waals surface area contributed by atoms with E-state index in [0.29, 0.717) is 30.9 Å². The molecule has 1 N–H and O–H groups in total. The first-order valence-corrected chi connectivity index (χ1v) is 10.4. The third-order valence-corrected chi connectivity index (χ3v) is 6.23. The van der Waals surface area contributed by atoms with Crippen LogP contribution in [0.25, 0.3) is 0 Å². The van der Waals surface area contributed by atoms with Crippen molar-refractivity contribution in [3.05, 3.63) is 53.9 Å². The monoisotopic (exact) mass is 418 g/mol. The molecule has 1 unspecified atom stereocenters. The predicted molar refractivity (Wildman–Crippen MR) is 107 cm³/mol. The summed E-state index contributed by atoms with van der Waals surface area (Å²) in [6.45, 7) is 1.41. The number of carbonyl (C=O) groups excluding carboxylic acids is 1. The van der Waals surface area contributed by atoms with Crippen molar-refractivity contribution in [1.82, 2.24) is 15.3 Å². The molecule has 1 aliphatic heterocycles. The fraction of sp³-hybridized carbons (Fsp3) is 0.500. The molecule has 1 aliphatic carbocycles. The standard InChI is InChI=1S/C22H25F3N4O/c23-22(24,25)17-7-3-6-16(14-17)21(9-1-2-10-21)19(30)28-18-8-4-13-29(15-18)20-26-11-5-12-27-20/h3,5-7,11-12,14,18H,1-2,4,8-10,13,15H2,(H,28,30). The van der Waals surface area contributed by atoms with Gasteiger partial charge >= 0.3 is 6.18 Å². The Morgan fingerprint density at radius 3 is 2.53 bits per heavy atom. The number of hydrogen-bond donors (Lipinski definition) is 1. The van der Waals surface area contributed by atoms with Gasteiger partial charge in [0.25, 0.3) is 0 Å². The second-order valence-electron chi connectivity index (χ2n) is 8.18. The van der Waals surface area contributed by atoms with Crippen LogP contribution in [0.5, 0.6) is 0 Å². The van der Waals surface area contributed by atoms with E-state index in [-0.39, 0.29) is 11.9 Å². The number of nitrogens with one attached hydrogen (secondary N) is 1.